The third-order valence-corrected chi connectivity index (χ3v) is 7.19. The number of pyridine rings is 1. The maximum atomic E-state index is 10.6. The van der Waals surface area contributed by atoms with Gasteiger partial charge in [-0.2, -0.15) is 10.4 Å². The minimum absolute atomic E-state index is 0.511. The van der Waals surface area contributed by atoms with Gasteiger partial charge in [0.05, 0.1) is 22.8 Å². The van der Waals surface area contributed by atoms with Crippen molar-refractivity contribution in [2.24, 2.45) is 7.05 Å². The van der Waals surface area contributed by atoms with Crippen molar-refractivity contribution in [3.63, 3.8) is 0 Å². The highest BCUT2D eigenvalue weighted by Gasteiger charge is 2.21. The van der Waals surface area contributed by atoms with Gasteiger partial charge in [0, 0.05) is 68.1 Å². The predicted molar refractivity (Wildman–Crippen MR) is 160 cm³/mol. The normalized spacial score (nSPS) is 13.5. The van der Waals surface area contributed by atoms with Crippen LogP contribution in [0, 0.1) is 18.3 Å². The van der Waals surface area contributed by atoms with Gasteiger partial charge in [0.25, 0.3) is 0 Å². The molecule has 0 bridgehead atoms. The first-order valence-corrected chi connectivity index (χ1v) is 13.7. The second-order valence-corrected chi connectivity index (χ2v) is 10.0. The molecule has 3 aromatic heterocycles. The van der Waals surface area contributed by atoms with Gasteiger partial charge < -0.3 is 24.7 Å². The van der Waals surface area contributed by atoms with E-state index in [1.54, 1.807) is 53.3 Å². The number of imidazole rings is 1. The molecule has 1 fully saturated rings. The Morgan fingerprint density at radius 2 is 1.93 bits per heavy atom. The van der Waals surface area contributed by atoms with Crippen LogP contribution in [0.3, 0.4) is 0 Å². The number of piperidine rings is 1. The molecule has 2 aromatic carbocycles. The SMILES string of the molecule is CCNC1CCN(c2ccc(C)c3nn(C)cc23)CC1.N#Cc1ccc(Oc2cc(NC=O)cn3ccnc23)cc1. The third-order valence-electron chi connectivity index (χ3n) is 7.19. The van der Waals surface area contributed by atoms with Crippen LogP contribution in [0.5, 0.6) is 11.5 Å². The number of hydrogen-bond donors (Lipinski definition) is 2. The van der Waals surface area contributed by atoms with Gasteiger partial charge >= 0.3 is 0 Å². The average Bonchev–Trinajstić information content (AvgIpc) is 3.62. The lowest BCUT2D eigenvalue weighted by Gasteiger charge is -2.34. The number of nitrogens with zero attached hydrogens (tertiary/aromatic N) is 6. The average molecular weight is 551 g/mol. The summed E-state index contributed by atoms with van der Waals surface area (Å²) in [6.45, 7) is 7.65. The molecule has 0 spiro atoms. The van der Waals surface area contributed by atoms with Crippen LogP contribution in [0.15, 0.2) is 67.3 Å². The monoisotopic (exact) mass is 550 g/mol. The van der Waals surface area contributed by atoms with E-state index in [1.165, 1.54) is 29.5 Å². The number of ether oxygens (including phenoxy) is 1. The minimum Gasteiger partial charge on any atom is -0.453 e. The van der Waals surface area contributed by atoms with Crippen molar-refractivity contribution in [2.75, 3.05) is 29.9 Å². The lowest BCUT2D eigenvalue weighted by Crippen LogP contribution is -2.42. The number of fused-ring (bicyclic) bond motifs is 2. The largest absolute Gasteiger partial charge is 0.453 e. The Kier molecular flexibility index (Phi) is 8.46. The molecule has 0 atom stereocenters. The first-order valence-electron chi connectivity index (χ1n) is 13.7. The molecule has 1 amide bonds. The molecule has 0 unspecified atom stereocenters. The van der Waals surface area contributed by atoms with Crippen LogP contribution in [-0.4, -0.2) is 51.3 Å². The van der Waals surface area contributed by atoms with Crippen LogP contribution in [-0.2, 0) is 11.8 Å². The Hall–Kier alpha value is -4.88. The summed E-state index contributed by atoms with van der Waals surface area (Å²) < 4.78 is 9.47. The number of aryl methyl sites for hydroxylation is 2. The van der Waals surface area contributed by atoms with Crippen LogP contribution in [0.4, 0.5) is 11.4 Å². The van der Waals surface area contributed by atoms with E-state index in [9.17, 15) is 4.79 Å². The van der Waals surface area contributed by atoms with E-state index in [0.29, 0.717) is 40.8 Å². The Morgan fingerprint density at radius 1 is 1.15 bits per heavy atom. The number of hydrogen-bond acceptors (Lipinski definition) is 7. The Balaban J connectivity index is 0.000000165. The number of nitrogens with one attached hydrogen (secondary N) is 2. The van der Waals surface area contributed by atoms with Gasteiger partial charge in [-0.1, -0.05) is 13.0 Å². The van der Waals surface area contributed by atoms with Gasteiger partial charge in [-0.3, -0.25) is 9.48 Å². The molecule has 0 aliphatic carbocycles. The summed E-state index contributed by atoms with van der Waals surface area (Å²) >= 11 is 0. The summed E-state index contributed by atoms with van der Waals surface area (Å²) in [5.74, 6) is 1.10. The molecule has 1 aliphatic rings. The standard InChI is InChI=1S/C16H24N4.C15H10N4O2/c1-4-17-13-7-9-20(10-8-13)15-6-5-12(2)16-14(15)11-19(3)18-16;16-8-11-1-3-13(4-2-11)21-14-7-12(18-10-20)9-19-6-5-17-15(14)19/h5-6,11,13,17H,4,7-10H2,1-3H3;1-7,9-10H,(H,18,20). The summed E-state index contributed by atoms with van der Waals surface area (Å²) in [6, 6.07) is 15.6. The lowest BCUT2D eigenvalue weighted by molar-refractivity contribution is -0.105. The fourth-order valence-electron chi connectivity index (χ4n) is 5.18. The van der Waals surface area contributed by atoms with Crippen molar-refractivity contribution in [1.82, 2.24) is 24.5 Å². The highest BCUT2D eigenvalue weighted by Crippen LogP contribution is 2.31. The molecule has 1 saturated heterocycles. The number of aromatic nitrogens is 4. The quantitative estimate of drug-likeness (QED) is 0.274. The minimum atomic E-state index is 0.511. The number of anilines is 2. The third kappa shape index (κ3) is 6.31. The molecule has 10 heteroatoms. The summed E-state index contributed by atoms with van der Waals surface area (Å²) in [7, 11) is 2.00. The summed E-state index contributed by atoms with van der Waals surface area (Å²) in [5.41, 5.74) is 5.53. The molecule has 0 radical (unpaired) electrons. The number of carbonyl (C=O) groups is 1. The molecular weight excluding hydrogens is 516 g/mol. The van der Waals surface area contributed by atoms with Gasteiger partial charge in [-0.15, -0.1) is 0 Å². The zero-order chi connectivity index (χ0) is 28.8. The van der Waals surface area contributed by atoms with E-state index >= 15 is 0 Å². The summed E-state index contributed by atoms with van der Waals surface area (Å²) in [4.78, 5) is 17.3. The van der Waals surface area contributed by atoms with E-state index in [4.69, 9.17) is 10.00 Å². The first kappa shape index (κ1) is 27.7. The Morgan fingerprint density at radius 3 is 2.63 bits per heavy atom. The molecule has 10 nitrogen and oxygen atoms in total. The molecule has 6 rings (SSSR count). The highest BCUT2D eigenvalue weighted by molar-refractivity contribution is 5.93. The molecule has 41 heavy (non-hydrogen) atoms. The molecule has 1 aliphatic heterocycles. The lowest BCUT2D eigenvalue weighted by atomic mass is 10.0. The highest BCUT2D eigenvalue weighted by atomic mass is 16.5. The van der Waals surface area contributed by atoms with Gasteiger partial charge in [0.2, 0.25) is 6.41 Å². The van der Waals surface area contributed by atoms with Crippen LogP contribution < -0.4 is 20.3 Å². The van der Waals surface area contributed by atoms with Gasteiger partial charge in [-0.05, 0) is 62.2 Å². The van der Waals surface area contributed by atoms with Crippen LogP contribution in [0.1, 0.15) is 30.9 Å². The topological polar surface area (TPSA) is 113 Å². The van der Waals surface area contributed by atoms with E-state index in [1.807, 2.05) is 17.8 Å². The van der Waals surface area contributed by atoms with Crippen molar-refractivity contribution >= 4 is 34.3 Å². The van der Waals surface area contributed by atoms with Gasteiger partial charge in [0.15, 0.2) is 11.4 Å². The van der Waals surface area contributed by atoms with E-state index in [2.05, 4.69) is 57.8 Å². The van der Waals surface area contributed by atoms with Crippen molar-refractivity contribution in [2.45, 2.75) is 32.7 Å². The van der Waals surface area contributed by atoms with E-state index in [0.717, 1.165) is 25.2 Å². The molecule has 5 aromatic rings. The number of benzene rings is 2. The molecule has 4 heterocycles. The Labute approximate surface area is 239 Å². The van der Waals surface area contributed by atoms with Crippen LogP contribution in [0.25, 0.3) is 16.6 Å². The zero-order valence-corrected chi connectivity index (χ0v) is 23.5. The molecule has 210 valence electrons. The maximum absolute atomic E-state index is 10.6. The number of carbonyl (C=O) groups excluding carboxylic acids is 1. The zero-order valence-electron chi connectivity index (χ0n) is 23.5. The molecule has 0 saturated carbocycles. The van der Waals surface area contributed by atoms with E-state index in [-0.39, 0.29) is 0 Å². The van der Waals surface area contributed by atoms with Crippen molar-refractivity contribution in [1.29, 1.82) is 5.26 Å². The summed E-state index contributed by atoms with van der Waals surface area (Å²) in [5, 5.41) is 20.8. The number of rotatable bonds is 7. The number of amides is 1. The van der Waals surface area contributed by atoms with E-state index < -0.39 is 0 Å². The molecular formula is C31H34N8O2. The summed E-state index contributed by atoms with van der Waals surface area (Å²) in [6.07, 6.45) is 10.3. The first-order chi connectivity index (χ1) is 20.0. The maximum Gasteiger partial charge on any atom is 0.211 e. The second-order valence-electron chi connectivity index (χ2n) is 10.0. The van der Waals surface area contributed by atoms with Crippen LogP contribution >= 0.6 is 0 Å². The second kappa shape index (κ2) is 12.5. The van der Waals surface area contributed by atoms with Crippen molar-refractivity contribution < 1.29 is 9.53 Å². The smallest absolute Gasteiger partial charge is 0.211 e. The van der Waals surface area contributed by atoms with Gasteiger partial charge in [-0.25, -0.2) is 4.98 Å². The van der Waals surface area contributed by atoms with Crippen molar-refractivity contribution in [3.8, 4) is 17.6 Å². The predicted octanol–water partition coefficient (Wildman–Crippen LogP) is 5.03. The van der Waals surface area contributed by atoms with Crippen molar-refractivity contribution in [3.05, 3.63) is 78.4 Å². The van der Waals surface area contributed by atoms with Crippen LogP contribution in [0.2, 0.25) is 0 Å². The molecule has 2 N–H and O–H groups in total. The van der Waals surface area contributed by atoms with Gasteiger partial charge in [0.1, 0.15) is 5.75 Å². The Bertz CT molecular complexity index is 1670. The number of nitriles is 1. The fraction of sp³-hybridized carbons (Fsp3) is 0.290. The fourth-order valence-corrected chi connectivity index (χ4v) is 5.18.